The zero-order valence-corrected chi connectivity index (χ0v) is 17.6. The molecule has 2 fully saturated rings. The standard InChI is InChI=1S/C26H34O2/c1-4-19(3)22-11-13-24(14-12-22)27-26(17-20-7-5-18(2)6-8-20)28-25-16-21-9-10-23(25)15-21/h5-8,11-14,19,21,23,25-26H,4,9-10,15-17H2,1-3H3. The van der Waals surface area contributed by atoms with E-state index in [1.54, 1.807) is 0 Å². The molecular formula is C26H34O2. The van der Waals surface area contributed by atoms with Crippen LogP contribution in [0.25, 0.3) is 0 Å². The molecule has 2 aromatic carbocycles. The van der Waals surface area contributed by atoms with Crippen molar-refractivity contribution in [1.82, 2.24) is 0 Å². The molecule has 2 nitrogen and oxygen atoms in total. The van der Waals surface area contributed by atoms with E-state index in [2.05, 4.69) is 69.3 Å². The maximum Gasteiger partial charge on any atom is 0.204 e. The lowest BCUT2D eigenvalue weighted by atomic mass is 9.97. The van der Waals surface area contributed by atoms with Gasteiger partial charge in [0.25, 0.3) is 0 Å². The first-order chi connectivity index (χ1) is 13.6. The Balaban J connectivity index is 1.46. The van der Waals surface area contributed by atoms with E-state index in [0.717, 1.165) is 30.4 Å². The molecule has 2 aromatic rings. The second kappa shape index (κ2) is 8.69. The topological polar surface area (TPSA) is 18.5 Å². The number of ether oxygens (including phenoxy) is 2. The Morgan fingerprint density at radius 1 is 0.964 bits per heavy atom. The van der Waals surface area contributed by atoms with Crippen LogP contribution in [0.4, 0.5) is 0 Å². The minimum atomic E-state index is -0.221. The second-order valence-corrected chi connectivity index (χ2v) is 8.96. The van der Waals surface area contributed by atoms with Crippen molar-refractivity contribution in [1.29, 1.82) is 0 Å². The molecule has 0 N–H and O–H groups in total. The molecule has 0 radical (unpaired) electrons. The summed E-state index contributed by atoms with van der Waals surface area (Å²) in [6.45, 7) is 6.63. The minimum Gasteiger partial charge on any atom is -0.465 e. The Bertz CT molecular complexity index is 749. The minimum absolute atomic E-state index is 0.221. The smallest absolute Gasteiger partial charge is 0.204 e. The molecule has 2 heteroatoms. The van der Waals surface area contributed by atoms with E-state index >= 15 is 0 Å². The van der Waals surface area contributed by atoms with E-state index < -0.39 is 0 Å². The lowest BCUT2D eigenvalue weighted by molar-refractivity contribution is -0.132. The predicted molar refractivity (Wildman–Crippen MR) is 115 cm³/mol. The first-order valence-electron chi connectivity index (χ1n) is 11.1. The van der Waals surface area contributed by atoms with Crippen LogP contribution < -0.4 is 4.74 Å². The van der Waals surface area contributed by atoms with Crippen molar-refractivity contribution in [2.45, 2.75) is 77.6 Å². The first kappa shape index (κ1) is 19.5. The molecule has 2 aliphatic rings. The molecule has 0 saturated heterocycles. The summed E-state index contributed by atoms with van der Waals surface area (Å²) in [5, 5.41) is 0. The Morgan fingerprint density at radius 3 is 2.32 bits per heavy atom. The van der Waals surface area contributed by atoms with Crippen molar-refractivity contribution in [3.05, 3.63) is 65.2 Å². The number of hydrogen-bond acceptors (Lipinski definition) is 2. The van der Waals surface area contributed by atoms with Gasteiger partial charge in [-0.05, 0) is 80.0 Å². The Hall–Kier alpha value is -1.80. The summed E-state index contributed by atoms with van der Waals surface area (Å²) >= 11 is 0. The number of rotatable bonds is 8. The number of hydrogen-bond donors (Lipinski definition) is 0. The van der Waals surface area contributed by atoms with Crippen LogP contribution in [0.3, 0.4) is 0 Å². The highest BCUT2D eigenvalue weighted by molar-refractivity contribution is 5.29. The molecule has 2 bridgehead atoms. The maximum absolute atomic E-state index is 6.56. The van der Waals surface area contributed by atoms with Crippen LogP contribution >= 0.6 is 0 Å². The van der Waals surface area contributed by atoms with Crippen LogP contribution in [0.2, 0.25) is 0 Å². The molecule has 0 amide bonds. The number of aryl methyl sites for hydroxylation is 1. The quantitative estimate of drug-likeness (QED) is 0.478. The van der Waals surface area contributed by atoms with E-state index in [-0.39, 0.29) is 6.29 Å². The highest BCUT2D eigenvalue weighted by Gasteiger charge is 2.41. The van der Waals surface area contributed by atoms with Crippen LogP contribution in [-0.4, -0.2) is 12.4 Å². The average Bonchev–Trinajstić information content (AvgIpc) is 3.33. The molecule has 28 heavy (non-hydrogen) atoms. The van der Waals surface area contributed by atoms with E-state index in [9.17, 15) is 0 Å². The second-order valence-electron chi connectivity index (χ2n) is 8.96. The molecule has 0 aromatic heterocycles. The van der Waals surface area contributed by atoms with Gasteiger partial charge < -0.3 is 9.47 Å². The lowest BCUT2D eigenvalue weighted by Crippen LogP contribution is -2.32. The van der Waals surface area contributed by atoms with E-state index in [1.807, 2.05) is 0 Å². The third-order valence-electron chi connectivity index (χ3n) is 6.85. The molecule has 4 rings (SSSR count). The van der Waals surface area contributed by atoms with Gasteiger partial charge in [-0.1, -0.05) is 55.8 Å². The number of benzene rings is 2. The molecule has 0 heterocycles. The fraction of sp³-hybridized carbons (Fsp3) is 0.538. The maximum atomic E-state index is 6.56. The molecule has 5 atom stereocenters. The van der Waals surface area contributed by atoms with Crippen LogP contribution in [0.15, 0.2) is 48.5 Å². The molecule has 150 valence electrons. The van der Waals surface area contributed by atoms with Gasteiger partial charge >= 0.3 is 0 Å². The van der Waals surface area contributed by atoms with E-state index in [0.29, 0.717) is 12.0 Å². The monoisotopic (exact) mass is 378 g/mol. The predicted octanol–water partition coefficient (Wildman–Crippen LogP) is 6.66. The molecule has 2 aliphatic carbocycles. The van der Waals surface area contributed by atoms with Gasteiger partial charge in [0.05, 0.1) is 6.10 Å². The van der Waals surface area contributed by atoms with Crippen molar-refractivity contribution in [2.24, 2.45) is 11.8 Å². The lowest BCUT2D eigenvalue weighted by Gasteiger charge is -2.28. The van der Waals surface area contributed by atoms with Crippen molar-refractivity contribution in [3.63, 3.8) is 0 Å². The first-order valence-corrected chi connectivity index (χ1v) is 11.1. The summed E-state index contributed by atoms with van der Waals surface area (Å²) in [4.78, 5) is 0. The summed E-state index contributed by atoms with van der Waals surface area (Å²) in [6.07, 6.45) is 7.39. The largest absolute Gasteiger partial charge is 0.465 e. The van der Waals surface area contributed by atoms with Crippen molar-refractivity contribution in [3.8, 4) is 5.75 Å². The van der Waals surface area contributed by atoms with Gasteiger partial charge in [-0.3, -0.25) is 0 Å². The summed E-state index contributed by atoms with van der Waals surface area (Å²) in [5.74, 6) is 3.11. The average molecular weight is 379 g/mol. The molecule has 0 aliphatic heterocycles. The summed E-state index contributed by atoms with van der Waals surface area (Å²) < 4.78 is 12.9. The van der Waals surface area contributed by atoms with Gasteiger partial charge in [0.2, 0.25) is 6.29 Å². The third kappa shape index (κ3) is 4.60. The van der Waals surface area contributed by atoms with Crippen LogP contribution in [-0.2, 0) is 11.2 Å². The molecule has 5 unspecified atom stereocenters. The highest BCUT2D eigenvalue weighted by Crippen LogP contribution is 2.46. The highest BCUT2D eigenvalue weighted by atomic mass is 16.7. The van der Waals surface area contributed by atoms with Crippen LogP contribution in [0.5, 0.6) is 5.75 Å². The Labute approximate surface area is 170 Å². The van der Waals surface area contributed by atoms with Crippen molar-refractivity contribution >= 4 is 0 Å². The SMILES string of the molecule is CCC(C)c1ccc(OC(Cc2ccc(C)cc2)OC2CC3CCC2C3)cc1. The van der Waals surface area contributed by atoms with Gasteiger partial charge in [0, 0.05) is 6.42 Å². The summed E-state index contributed by atoms with van der Waals surface area (Å²) in [6, 6.07) is 17.3. The van der Waals surface area contributed by atoms with Crippen molar-refractivity contribution < 1.29 is 9.47 Å². The van der Waals surface area contributed by atoms with Crippen molar-refractivity contribution in [2.75, 3.05) is 0 Å². The summed E-state index contributed by atoms with van der Waals surface area (Å²) in [7, 11) is 0. The zero-order chi connectivity index (χ0) is 19.5. The molecule has 0 spiro atoms. The normalized spacial score (nSPS) is 25.6. The van der Waals surface area contributed by atoms with Crippen LogP contribution in [0, 0.1) is 18.8 Å². The van der Waals surface area contributed by atoms with Gasteiger partial charge in [0.1, 0.15) is 5.75 Å². The fourth-order valence-electron chi connectivity index (χ4n) is 4.84. The molecular weight excluding hydrogens is 344 g/mol. The zero-order valence-electron chi connectivity index (χ0n) is 17.6. The third-order valence-corrected chi connectivity index (χ3v) is 6.85. The molecule has 2 saturated carbocycles. The van der Waals surface area contributed by atoms with E-state index in [1.165, 1.54) is 42.4 Å². The van der Waals surface area contributed by atoms with Gasteiger partial charge in [-0.15, -0.1) is 0 Å². The van der Waals surface area contributed by atoms with Crippen LogP contribution in [0.1, 0.15) is 68.6 Å². The van der Waals surface area contributed by atoms with E-state index in [4.69, 9.17) is 9.47 Å². The fourth-order valence-corrected chi connectivity index (χ4v) is 4.84. The van der Waals surface area contributed by atoms with Gasteiger partial charge in [-0.25, -0.2) is 0 Å². The number of fused-ring (bicyclic) bond motifs is 2. The Morgan fingerprint density at radius 2 is 1.71 bits per heavy atom. The van der Waals surface area contributed by atoms with Gasteiger partial charge in [0.15, 0.2) is 0 Å². The summed E-state index contributed by atoms with van der Waals surface area (Å²) in [5.41, 5.74) is 3.94. The van der Waals surface area contributed by atoms with Gasteiger partial charge in [-0.2, -0.15) is 0 Å². The Kier molecular flexibility index (Phi) is 6.06.